The molecule has 4 heterocycles. The number of Topliss-reactive ketones (excluding diaryl/α,β-unsaturated/α-hetero) is 1. The molecule has 0 aliphatic carbocycles. The Morgan fingerprint density at radius 1 is 1.24 bits per heavy atom. The van der Waals surface area contributed by atoms with Gasteiger partial charge in [-0.2, -0.15) is 4.98 Å². The van der Waals surface area contributed by atoms with Crippen molar-refractivity contribution in [3.8, 4) is 5.75 Å². The van der Waals surface area contributed by atoms with Crippen LogP contribution in [0.2, 0.25) is 5.02 Å². The molecule has 0 spiro atoms. The van der Waals surface area contributed by atoms with Crippen LogP contribution in [0.4, 0.5) is 17.5 Å². The van der Waals surface area contributed by atoms with Gasteiger partial charge in [0.05, 0.1) is 11.7 Å². The molecule has 1 N–H and O–H groups in total. The van der Waals surface area contributed by atoms with Crippen LogP contribution in [-0.2, 0) is 11.8 Å². The van der Waals surface area contributed by atoms with Crippen LogP contribution in [0.5, 0.6) is 5.75 Å². The van der Waals surface area contributed by atoms with E-state index in [0.717, 1.165) is 36.1 Å². The molecule has 2 saturated heterocycles. The molecule has 9 nitrogen and oxygen atoms in total. The van der Waals surface area contributed by atoms with E-state index in [0.29, 0.717) is 35.3 Å². The summed E-state index contributed by atoms with van der Waals surface area (Å²) >= 11 is 6.49. The number of pyridine rings is 1. The quantitative estimate of drug-likeness (QED) is 0.470. The third kappa shape index (κ3) is 5.15. The molecule has 1 aromatic carbocycles. The van der Waals surface area contributed by atoms with Gasteiger partial charge in [-0.15, -0.1) is 0 Å². The summed E-state index contributed by atoms with van der Waals surface area (Å²) in [5, 5.41) is 4.55. The monoisotopic (exact) mass is 524 g/mol. The molecule has 196 valence electrons. The molecule has 0 bridgehead atoms. The minimum Gasteiger partial charge on any atom is -0.480 e. The van der Waals surface area contributed by atoms with Crippen LogP contribution >= 0.6 is 11.6 Å². The average molecular weight is 525 g/mol. The van der Waals surface area contributed by atoms with Crippen LogP contribution in [0.3, 0.4) is 0 Å². The summed E-state index contributed by atoms with van der Waals surface area (Å²) in [6.45, 7) is 6.89. The lowest BCUT2D eigenvalue weighted by atomic mass is 10.1. The maximum Gasteiger partial charge on any atom is 0.293 e. The molecule has 0 saturated carbocycles. The fourth-order valence-corrected chi connectivity index (χ4v) is 5.52. The van der Waals surface area contributed by atoms with Crippen LogP contribution in [0.15, 0.2) is 35.3 Å². The summed E-state index contributed by atoms with van der Waals surface area (Å²) in [5.41, 5.74) is 1.23. The first kappa shape index (κ1) is 25.5. The van der Waals surface area contributed by atoms with Crippen molar-refractivity contribution in [2.45, 2.75) is 51.6 Å². The third-order valence-electron chi connectivity index (χ3n) is 7.48. The summed E-state index contributed by atoms with van der Waals surface area (Å²) in [7, 11) is 1.69. The molecule has 2 unspecified atom stereocenters. The minimum atomic E-state index is -0.284. The largest absolute Gasteiger partial charge is 0.480 e. The molecule has 37 heavy (non-hydrogen) atoms. The fourth-order valence-electron chi connectivity index (χ4n) is 5.38. The Kier molecular flexibility index (Phi) is 7.35. The molecule has 2 aliphatic heterocycles. The highest BCUT2D eigenvalue weighted by Gasteiger charge is 2.37. The van der Waals surface area contributed by atoms with Gasteiger partial charge < -0.3 is 19.5 Å². The number of hydrogen-bond donors (Lipinski definition) is 1. The van der Waals surface area contributed by atoms with E-state index in [1.54, 1.807) is 26.2 Å². The summed E-state index contributed by atoms with van der Waals surface area (Å²) in [6, 6.07) is 8.38. The second-order valence-electron chi connectivity index (χ2n) is 9.82. The number of fused-ring (bicyclic) bond motifs is 2. The summed E-state index contributed by atoms with van der Waals surface area (Å²) < 4.78 is 7.05. The molecule has 10 heteroatoms. The Bertz CT molecular complexity index is 1380. The van der Waals surface area contributed by atoms with Gasteiger partial charge in [-0.3, -0.25) is 14.5 Å². The molecule has 5 rings (SSSR count). The van der Waals surface area contributed by atoms with Crippen molar-refractivity contribution in [2.75, 3.05) is 36.5 Å². The average Bonchev–Trinajstić information content (AvgIpc) is 3.39. The van der Waals surface area contributed by atoms with Gasteiger partial charge in [0.25, 0.3) is 5.56 Å². The zero-order valence-corrected chi connectivity index (χ0v) is 22.3. The zero-order valence-electron chi connectivity index (χ0n) is 21.5. The number of aryl methyl sites for hydroxylation is 1. The lowest BCUT2D eigenvalue weighted by Crippen LogP contribution is -2.56. The Hall–Kier alpha value is -3.17. The van der Waals surface area contributed by atoms with E-state index in [-0.39, 0.29) is 23.7 Å². The van der Waals surface area contributed by atoms with Crippen molar-refractivity contribution in [2.24, 2.45) is 7.05 Å². The number of nitrogens with zero attached hydrogens (tertiary/aromatic N) is 5. The second-order valence-corrected chi connectivity index (χ2v) is 10.2. The Labute approximate surface area is 221 Å². The number of aromatic nitrogens is 3. The molecule has 2 aliphatic rings. The second kappa shape index (κ2) is 10.7. The number of halogens is 1. The number of benzene rings is 1. The molecule has 3 aromatic rings. The molecule has 2 atom stereocenters. The standard InChI is InChI=1S/C27H33ClN6O3/c1-4-19-14-33(15-20-7-6-10-34(19)20)27-29-13-22(28)25(31-27)30-18-8-9-23-17(11-18)12-24(26(36)32(23)3)37-16-21(35)5-2/h8-9,11-13,19-20H,4-7,10,14-16H2,1-3H3,(H,29,30,31). The Balaban J connectivity index is 1.40. The highest BCUT2D eigenvalue weighted by molar-refractivity contribution is 6.32. The highest BCUT2D eigenvalue weighted by Crippen LogP contribution is 2.31. The van der Waals surface area contributed by atoms with Gasteiger partial charge in [0.15, 0.2) is 17.4 Å². The maximum absolute atomic E-state index is 12.7. The topological polar surface area (TPSA) is 92.6 Å². The zero-order chi connectivity index (χ0) is 26.1. The van der Waals surface area contributed by atoms with Crippen molar-refractivity contribution in [3.05, 3.63) is 45.8 Å². The normalized spacial score (nSPS) is 19.7. The molecular weight excluding hydrogens is 492 g/mol. The first-order chi connectivity index (χ1) is 17.9. The lowest BCUT2D eigenvalue weighted by molar-refractivity contribution is -0.120. The van der Waals surface area contributed by atoms with E-state index in [1.807, 2.05) is 18.2 Å². The van der Waals surface area contributed by atoms with Gasteiger partial charge in [-0.1, -0.05) is 25.4 Å². The van der Waals surface area contributed by atoms with E-state index in [1.165, 1.54) is 24.0 Å². The van der Waals surface area contributed by atoms with Gasteiger partial charge in [0.2, 0.25) is 5.95 Å². The van der Waals surface area contributed by atoms with Gasteiger partial charge in [-0.05, 0) is 50.1 Å². The number of rotatable bonds is 8. The van der Waals surface area contributed by atoms with E-state index < -0.39 is 0 Å². The number of ketones is 1. The molecular formula is C27H33ClN6O3. The van der Waals surface area contributed by atoms with Crippen molar-refractivity contribution in [1.82, 2.24) is 19.4 Å². The van der Waals surface area contributed by atoms with Gasteiger partial charge in [0, 0.05) is 49.7 Å². The maximum atomic E-state index is 12.7. The third-order valence-corrected chi connectivity index (χ3v) is 7.75. The van der Waals surface area contributed by atoms with E-state index in [2.05, 4.69) is 27.0 Å². The van der Waals surface area contributed by atoms with Crippen LogP contribution in [0.25, 0.3) is 10.9 Å². The van der Waals surface area contributed by atoms with Gasteiger partial charge in [-0.25, -0.2) is 4.98 Å². The lowest BCUT2D eigenvalue weighted by Gasteiger charge is -2.43. The molecule has 2 aromatic heterocycles. The number of ether oxygens (including phenoxy) is 1. The SMILES string of the molecule is CCC(=O)COc1cc2cc(Nc3nc(N4CC(CC)N5CCCC5C4)ncc3Cl)ccc2n(C)c1=O. The number of nitrogens with one attached hydrogen (secondary N) is 1. The van der Waals surface area contributed by atoms with Crippen LogP contribution < -0.4 is 20.5 Å². The van der Waals surface area contributed by atoms with Crippen LogP contribution in [0, 0.1) is 0 Å². The predicted molar refractivity (Wildman–Crippen MR) is 146 cm³/mol. The summed E-state index contributed by atoms with van der Waals surface area (Å²) in [5.74, 6) is 1.29. The molecule has 0 amide bonds. The van der Waals surface area contributed by atoms with Crippen LogP contribution in [-0.4, -0.2) is 63.5 Å². The summed E-state index contributed by atoms with van der Waals surface area (Å²) in [4.78, 5) is 38.6. The smallest absolute Gasteiger partial charge is 0.293 e. The number of carbonyl (C=O) groups excluding carboxylic acids is 1. The summed E-state index contributed by atoms with van der Waals surface area (Å²) in [6.07, 6.45) is 5.57. The Morgan fingerprint density at radius 2 is 2.08 bits per heavy atom. The van der Waals surface area contributed by atoms with Crippen LogP contribution in [0.1, 0.15) is 39.5 Å². The first-order valence-electron chi connectivity index (χ1n) is 13.0. The minimum absolute atomic E-state index is 0.0635. The van der Waals surface area contributed by atoms with E-state index in [9.17, 15) is 9.59 Å². The van der Waals surface area contributed by atoms with E-state index in [4.69, 9.17) is 21.3 Å². The highest BCUT2D eigenvalue weighted by atomic mass is 35.5. The predicted octanol–water partition coefficient (Wildman–Crippen LogP) is 4.15. The van der Waals surface area contributed by atoms with Crippen molar-refractivity contribution in [3.63, 3.8) is 0 Å². The van der Waals surface area contributed by atoms with Crippen molar-refractivity contribution in [1.29, 1.82) is 0 Å². The number of hydrogen-bond acceptors (Lipinski definition) is 8. The number of piperazine rings is 1. The molecule has 0 radical (unpaired) electrons. The first-order valence-corrected chi connectivity index (χ1v) is 13.3. The number of anilines is 3. The Morgan fingerprint density at radius 3 is 2.86 bits per heavy atom. The van der Waals surface area contributed by atoms with Crippen molar-refractivity contribution >= 4 is 45.7 Å². The van der Waals surface area contributed by atoms with E-state index >= 15 is 0 Å². The fraction of sp³-hybridized carbons (Fsp3) is 0.481. The molecule has 2 fully saturated rings. The van der Waals surface area contributed by atoms with Crippen molar-refractivity contribution < 1.29 is 9.53 Å². The number of carbonyl (C=O) groups is 1. The van der Waals surface area contributed by atoms with Gasteiger partial charge in [0.1, 0.15) is 11.6 Å². The van der Waals surface area contributed by atoms with Gasteiger partial charge >= 0.3 is 0 Å².